The van der Waals surface area contributed by atoms with Crippen molar-refractivity contribution in [3.63, 3.8) is 0 Å². The van der Waals surface area contributed by atoms with Crippen LogP contribution in [0.4, 0.5) is 0 Å². The van der Waals surface area contributed by atoms with Crippen molar-refractivity contribution in [2.24, 2.45) is 5.92 Å². The Morgan fingerprint density at radius 2 is 2.00 bits per heavy atom. The number of methoxy groups -OCH3 is 1. The van der Waals surface area contributed by atoms with Crippen LogP contribution in [0.15, 0.2) is 0 Å². The molecule has 0 spiro atoms. The Labute approximate surface area is 115 Å². The van der Waals surface area contributed by atoms with Crippen molar-refractivity contribution < 1.29 is 14.3 Å². The van der Waals surface area contributed by atoms with E-state index in [1.807, 2.05) is 18.7 Å². The molecule has 1 saturated carbocycles. The van der Waals surface area contributed by atoms with Crippen LogP contribution in [0.2, 0.25) is 0 Å². The first-order valence-electron chi connectivity index (χ1n) is 7.25. The highest BCUT2D eigenvalue weighted by atomic mass is 16.5. The number of rotatable bonds is 6. The fraction of sp³-hybridized carbons (Fsp3) is 0.929. The second kappa shape index (κ2) is 6.68. The summed E-state index contributed by atoms with van der Waals surface area (Å²) in [4.78, 5) is 14.1. The zero-order valence-corrected chi connectivity index (χ0v) is 12.2. The molecule has 2 fully saturated rings. The Kier molecular flexibility index (Phi) is 5.19. The molecule has 0 unspecified atom stereocenters. The lowest BCUT2D eigenvalue weighted by Gasteiger charge is -2.35. The minimum Gasteiger partial charge on any atom is -0.383 e. The van der Waals surface area contributed by atoms with Crippen molar-refractivity contribution >= 4 is 5.91 Å². The van der Waals surface area contributed by atoms with E-state index in [-0.39, 0.29) is 18.1 Å². The van der Waals surface area contributed by atoms with Crippen LogP contribution in [-0.4, -0.2) is 62.4 Å². The average molecular weight is 270 g/mol. The predicted octanol–water partition coefficient (Wildman–Crippen LogP) is 0.637. The molecule has 19 heavy (non-hydrogen) atoms. The van der Waals surface area contributed by atoms with Gasteiger partial charge in [-0.1, -0.05) is 0 Å². The summed E-state index contributed by atoms with van der Waals surface area (Å²) < 4.78 is 10.9. The van der Waals surface area contributed by atoms with Gasteiger partial charge < -0.3 is 19.7 Å². The summed E-state index contributed by atoms with van der Waals surface area (Å²) in [7, 11) is 1.71. The van der Waals surface area contributed by atoms with Gasteiger partial charge in [0.05, 0.1) is 25.4 Å². The van der Waals surface area contributed by atoms with Crippen LogP contribution >= 0.6 is 0 Å². The molecule has 5 nitrogen and oxygen atoms in total. The van der Waals surface area contributed by atoms with Gasteiger partial charge >= 0.3 is 0 Å². The lowest BCUT2D eigenvalue weighted by Crippen LogP contribution is -2.51. The van der Waals surface area contributed by atoms with E-state index >= 15 is 0 Å². The first-order valence-corrected chi connectivity index (χ1v) is 7.25. The molecule has 1 N–H and O–H groups in total. The highest BCUT2D eigenvalue weighted by molar-refractivity contribution is 5.78. The summed E-state index contributed by atoms with van der Waals surface area (Å²) in [6, 6.07) is 0.324. The van der Waals surface area contributed by atoms with Gasteiger partial charge in [0, 0.05) is 26.2 Å². The summed E-state index contributed by atoms with van der Waals surface area (Å²) in [5.74, 6) is 0.860. The van der Waals surface area contributed by atoms with Gasteiger partial charge in [0.25, 0.3) is 0 Å². The summed E-state index contributed by atoms with van der Waals surface area (Å²) >= 11 is 0. The molecule has 1 aliphatic heterocycles. The van der Waals surface area contributed by atoms with E-state index in [9.17, 15) is 4.79 Å². The zero-order chi connectivity index (χ0) is 13.8. The van der Waals surface area contributed by atoms with Crippen LogP contribution in [-0.2, 0) is 14.3 Å². The molecule has 110 valence electrons. The fourth-order valence-corrected chi connectivity index (χ4v) is 2.75. The molecule has 2 rings (SSSR count). The lowest BCUT2D eigenvalue weighted by atomic mass is 10.2. The lowest BCUT2D eigenvalue weighted by molar-refractivity contribution is -0.142. The maximum Gasteiger partial charge on any atom is 0.236 e. The van der Waals surface area contributed by atoms with Gasteiger partial charge in [0.1, 0.15) is 0 Å². The molecule has 5 heteroatoms. The molecule has 0 aromatic carbocycles. The number of morpholine rings is 1. The summed E-state index contributed by atoms with van der Waals surface area (Å²) in [5.41, 5.74) is 0. The molecule has 1 aliphatic carbocycles. The summed E-state index contributed by atoms with van der Waals surface area (Å²) in [6.07, 6.45) is 2.76. The largest absolute Gasteiger partial charge is 0.383 e. The highest BCUT2D eigenvalue weighted by Crippen LogP contribution is 2.32. The second-order valence-corrected chi connectivity index (χ2v) is 5.84. The van der Waals surface area contributed by atoms with Crippen molar-refractivity contribution in [2.45, 2.75) is 44.9 Å². The Hall–Kier alpha value is -0.650. The predicted molar refractivity (Wildman–Crippen MR) is 73.0 cm³/mol. The maximum absolute atomic E-state index is 12.2. The van der Waals surface area contributed by atoms with Crippen LogP contribution in [0.3, 0.4) is 0 Å². The Morgan fingerprint density at radius 3 is 2.53 bits per heavy atom. The number of hydrogen-bond acceptors (Lipinski definition) is 4. The van der Waals surface area contributed by atoms with E-state index in [0.29, 0.717) is 38.2 Å². The van der Waals surface area contributed by atoms with Crippen molar-refractivity contribution in [1.82, 2.24) is 10.2 Å². The third kappa shape index (κ3) is 4.44. The molecule has 0 radical (unpaired) electrons. The first kappa shape index (κ1) is 14.8. The van der Waals surface area contributed by atoms with Gasteiger partial charge in [-0.25, -0.2) is 0 Å². The number of nitrogens with one attached hydrogen (secondary N) is 1. The third-order valence-electron chi connectivity index (χ3n) is 3.83. The summed E-state index contributed by atoms with van der Waals surface area (Å²) in [5, 5.41) is 3.35. The number of carbonyl (C=O) groups excluding carboxylic acids is 1. The molecule has 0 aromatic rings. The zero-order valence-electron chi connectivity index (χ0n) is 12.2. The SMILES string of the molecule is COC[C@@H](NCC(=O)N1C[C@@H](C)O[C@@H](C)C1)C1CC1. The standard InChI is InChI=1S/C14H26N2O3/c1-10-7-16(8-11(2)19-10)14(17)6-15-13(9-18-3)12-4-5-12/h10-13,15H,4-9H2,1-3H3/t10-,11+,13-/m1/s1. The van der Waals surface area contributed by atoms with E-state index in [0.717, 1.165) is 0 Å². The molecule has 1 saturated heterocycles. The smallest absolute Gasteiger partial charge is 0.236 e. The fourth-order valence-electron chi connectivity index (χ4n) is 2.75. The molecule has 2 aliphatic rings. The minimum absolute atomic E-state index is 0.130. The highest BCUT2D eigenvalue weighted by Gasteiger charge is 2.32. The van der Waals surface area contributed by atoms with Gasteiger partial charge in [-0.05, 0) is 32.6 Å². The van der Waals surface area contributed by atoms with Crippen molar-refractivity contribution in [3.05, 3.63) is 0 Å². The number of amides is 1. The van der Waals surface area contributed by atoms with Crippen LogP contribution in [0, 0.1) is 5.92 Å². The van der Waals surface area contributed by atoms with Crippen molar-refractivity contribution in [2.75, 3.05) is 33.4 Å². The van der Waals surface area contributed by atoms with Crippen LogP contribution in [0.25, 0.3) is 0 Å². The van der Waals surface area contributed by atoms with Crippen LogP contribution in [0.5, 0.6) is 0 Å². The molecule has 1 heterocycles. The molecule has 0 aromatic heterocycles. The van der Waals surface area contributed by atoms with E-state index in [1.165, 1.54) is 12.8 Å². The monoisotopic (exact) mass is 270 g/mol. The van der Waals surface area contributed by atoms with E-state index in [1.54, 1.807) is 7.11 Å². The molecule has 3 atom stereocenters. The molecular formula is C14H26N2O3. The second-order valence-electron chi connectivity index (χ2n) is 5.84. The van der Waals surface area contributed by atoms with Crippen molar-refractivity contribution in [1.29, 1.82) is 0 Å². The number of ether oxygens (including phenoxy) is 2. The Morgan fingerprint density at radius 1 is 1.37 bits per heavy atom. The minimum atomic E-state index is 0.130. The quantitative estimate of drug-likeness (QED) is 0.769. The van der Waals surface area contributed by atoms with E-state index in [2.05, 4.69) is 5.32 Å². The van der Waals surface area contributed by atoms with Gasteiger partial charge in [-0.15, -0.1) is 0 Å². The number of hydrogen-bond donors (Lipinski definition) is 1. The van der Waals surface area contributed by atoms with Gasteiger partial charge in [0.15, 0.2) is 0 Å². The van der Waals surface area contributed by atoms with E-state index < -0.39 is 0 Å². The molecule has 0 bridgehead atoms. The van der Waals surface area contributed by atoms with E-state index in [4.69, 9.17) is 9.47 Å². The van der Waals surface area contributed by atoms with Crippen LogP contribution < -0.4 is 5.32 Å². The van der Waals surface area contributed by atoms with Gasteiger partial charge in [-0.2, -0.15) is 0 Å². The van der Waals surface area contributed by atoms with Gasteiger partial charge in [0.2, 0.25) is 5.91 Å². The molecular weight excluding hydrogens is 244 g/mol. The first-order chi connectivity index (χ1) is 9.10. The number of carbonyl (C=O) groups is 1. The number of nitrogens with zero attached hydrogens (tertiary/aromatic N) is 1. The van der Waals surface area contributed by atoms with Gasteiger partial charge in [-0.3, -0.25) is 4.79 Å². The van der Waals surface area contributed by atoms with Crippen LogP contribution in [0.1, 0.15) is 26.7 Å². The average Bonchev–Trinajstić information content (AvgIpc) is 3.17. The molecule has 1 amide bonds. The van der Waals surface area contributed by atoms with Crippen molar-refractivity contribution in [3.8, 4) is 0 Å². The summed E-state index contributed by atoms with van der Waals surface area (Å²) in [6.45, 7) is 6.52. The Bertz CT molecular complexity index is 297. The third-order valence-corrected chi connectivity index (χ3v) is 3.83. The Balaban J connectivity index is 1.76. The normalized spacial score (nSPS) is 29.3. The maximum atomic E-state index is 12.2. The topological polar surface area (TPSA) is 50.8 Å².